The highest BCUT2D eigenvalue weighted by Crippen LogP contribution is 2.22. The highest BCUT2D eigenvalue weighted by molar-refractivity contribution is 5.99. The third-order valence-electron chi connectivity index (χ3n) is 2.63. The second-order valence-electron chi connectivity index (χ2n) is 4.12. The van der Waals surface area contributed by atoms with Gasteiger partial charge in [-0.1, -0.05) is 6.92 Å². The maximum absolute atomic E-state index is 9.27. The van der Waals surface area contributed by atoms with E-state index in [4.69, 9.17) is 21.6 Å². The highest BCUT2D eigenvalue weighted by atomic mass is 16.8. The Bertz CT molecular complexity index is 526. The minimum absolute atomic E-state index is 0.130. The Kier molecular flexibility index (Phi) is 5.71. The molecule has 0 aliphatic heterocycles. The zero-order valence-corrected chi connectivity index (χ0v) is 11.3. The molecule has 0 amide bonds. The average Bonchev–Trinajstić information content (AvgIpc) is 2.43. The smallest absolute Gasteiger partial charge is 0.313 e. The predicted octanol–water partition coefficient (Wildman–Crippen LogP) is -0.0182. The fraction of sp³-hybridized carbons (Fsp3) is 0.417. The molecule has 2 atom stereocenters. The van der Waals surface area contributed by atoms with Crippen LogP contribution in [0.4, 0.5) is 5.82 Å². The van der Waals surface area contributed by atoms with Crippen LogP contribution in [0.2, 0.25) is 0 Å². The minimum Gasteiger partial charge on any atom is -0.437 e. The number of hydrogen-bond acceptors (Lipinski definition) is 8. The van der Waals surface area contributed by atoms with Gasteiger partial charge in [-0.3, -0.25) is 0 Å². The van der Waals surface area contributed by atoms with Gasteiger partial charge in [-0.15, -0.1) is 0 Å². The van der Waals surface area contributed by atoms with Gasteiger partial charge in [0.25, 0.3) is 0 Å². The SMILES string of the molecule is COC(O)Oc1cc(C[C@@H](C)/C(C#N)=N/N)cnc1N. The third-order valence-corrected chi connectivity index (χ3v) is 2.63. The number of hydrogen-bond donors (Lipinski definition) is 3. The summed E-state index contributed by atoms with van der Waals surface area (Å²) in [5.41, 5.74) is 6.64. The fourth-order valence-electron chi connectivity index (χ4n) is 1.57. The molecule has 8 heteroatoms. The second kappa shape index (κ2) is 7.28. The molecule has 1 unspecified atom stereocenters. The monoisotopic (exact) mass is 279 g/mol. The number of pyridine rings is 1. The Morgan fingerprint density at radius 2 is 2.35 bits per heavy atom. The molecule has 1 heterocycles. The summed E-state index contributed by atoms with van der Waals surface area (Å²) in [7, 11) is 1.29. The lowest BCUT2D eigenvalue weighted by Crippen LogP contribution is -2.19. The molecule has 0 fully saturated rings. The zero-order chi connectivity index (χ0) is 15.1. The van der Waals surface area contributed by atoms with Crippen LogP contribution in [0, 0.1) is 17.2 Å². The number of aliphatic hydroxyl groups excluding tert-OH is 1. The Morgan fingerprint density at radius 1 is 1.65 bits per heavy atom. The van der Waals surface area contributed by atoms with Crippen molar-refractivity contribution in [3.8, 4) is 11.8 Å². The van der Waals surface area contributed by atoms with Crippen molar-refractivity contribution in [2.75, 3.05) is 12.8 Å². The van der Waals surface area contributed by atoms with Crippen molar-refractivity contribution in [2.24, 2.45) is 16.9 Å². The Hall–Kier alpha value is -2.37. The maximum Gasteiger partial charge on any atom is 0.313 e. The molecule has 0 bridgehead atoms. The van der Waals surface area contributed by atoms with Crippen molar-refractivity contribution in [3.63, 3.8) is 0 Å². The normalized spacial score (nSPS) is 14.4. The second-order valence-corrected chi connectivity index (χ2v) is 4.12. The van der Waals surface area contributed by atoms with E-state index >= 15 is 0 Å². The lowest BCUT2D eigenvalue weighted by atomic mass is 9.98. The number of aliphatic hydroxyl groups is 1. The number of nitrogens with two attached hydrogens (primary N) is 2. The number of nitriles is 1. The molecule has 108 valence electrons. The highest BCUT2D eigenvalue weighted by Gasteiger charge is 2.14. The summed E-state index contributed by atoms with van der Waals surface area (Å²) in [4.78, 5) is 3.96. The van der Waals surface area contributed by atoms with Crippen LogP contribution < -0.4 is 16.3 Å². The Morgan fingerprint density at radius 3 is 2.90 bits per heavy atom. The summed E-state index contributed by atoms with van der Waals surface area (Å²) in [6, 6.07) is 3.55. The first kappa shape index (κ1) is 15.7. The largest absolute Gasteiger partial charge is 0.437 e. The number of rotatable bonds is 6. The van der Waals surface area contributed by atoms with Gasteiger partial charge in [0.1, 0.15) is 11.8 Å². The summed E-state index contributed by atoms with van der Waals surface area (Å²) in [5, 5.41) is 21.5. The quantitative estimate of drug-likeness (QED) is 0.288. The molecule has 20 heavy (non-hydrogen) atoms. The number of anilines is 1. The van der Waals surface area contributed by atoms with E-state index in [-0.39, 0.29) is 23.2 Å². The molecular weight excluding hydrogens is 262 g/mol. The standard InChI is InChI=1S/C12H17N5O3/c1-7(9(5-13)17-15)3-8-4-10(11(14)16-6-8)20-12(18)19-2/h4,6-7,12,18H,3,15H2,1-2H3,(H2,14,16)/b17-9+/t7-,12?/m1/s1. The number of ether oxygens (including phenoxy) is 2. The summed E-state index contributed by atoms with van der Waals surface area (Å²) < 4.78 is 9.63. The van der Waals surface area contributed by atoms with Crippen LogP contribution >= 0.6 is 0 Å². The first-order chi connectivity index (χ1) is 9.51. The van der Waals surface area contributed by atoms with Gasteiger partial charge < -0.3 is 26.2 Å². The van der Waals surface area contributed by atoms with E-state index < -0.39 is 6.48 Å². The fourth-order valence-corrected chi connectivity index (χ4v) is 1.57. The van der Waals surface area contributed by atoms with Crippen molar-refractivity contribution in [3.05, 3.63) is 17.8 Å². The molecule has 0 radical (unpaired) electrons. The number of hydrazone groups is 1. The van der Waals surface area contributed by atoms with Crippen molar-refractivity contribution < 1.29 is 14.6 Å². The van der Waals surface area contributed by atoms with Crippen molar-refractivity contribution in [1.29, 1.82) is 5.26 Å². The summed E-state index contributed by atoms with van der Waals surface area (Å²) in [6.45, 7) is 0.391. The van der Waals surface area contributed by atoms with Crippen LogP contribution in [0.15, 0.2) is 17.4 Å². The molecular formula is C12H17N5O3. The van der Waals surface area contributed by atoms with E-state index in [9.17, 15) is 5.11 Å². The maximum atomic E-state index is 9.27. The molecule has 8 nitrogen and oxygen atoms in total. The summed E-state index contributed by atoms with van der Waals surface area (Å²) in [6.07, 6.45) is 2.04. The Labute approximate surface area is 116 Å². The van der Waals surface area contributed by atoms with E-state index in [1.807, 2.05) is 13.0 Å². The minimum atomic E-state index is -1.42. The van der Waals surface area contributed by atoms with Gasteiger partial charge in [0, 0.05) is 19.2 Å². The number of nitrogens with zero attached hydrogens (tertiary/aromatic N) is 3. The summed E-state index contributed by atoms with van der Waals surface area (Å²) >= 11 is 0. The van der Waals surface area contributed by atoms with Gasteiger partial charge in [0.05, 0.1) is 0 Å². The van der Waals surface area contributed by atoms with E-state index in [1.165, 1.54) is 7.11 Å². The lowest BCUT2D eigenvalue weighted by molar-refractivity contribution is -0.200. The number of methoxy groups -OCH3 is 1. The van der Waals surface area contributed by atoms with E-state index in [0.29, 0.717) is 6.42 Å². The van der Waals surface area contributed by atoms with Crippen molar-refractivity contribution >= 4 is 11.5 Å². The van der Waals surface area contributed by atoms with Crippen LogP contribution in [0.1, 0.15) is 12.5 Å². The molecule has 0 aliphatic rings. The van der Waals surface area contributed by atoms with Gasteiger partial charge in [-0.2, -0.15) is 10.4 Å². The van der Waals surface area contributed by atoms with Crippen LogP contribution in [0.3, 0.4) is 0 Å². The van der Waals surface area contributed by atoms with Gasteiger partial charge in [0.2, 0.25) is 0 Å². The predicted molar refractivity (Wildman–Crippen MR) is 72.4 cm³/mol. The first-order valence-electron chi connectivity index (χ1n) is 5.81. The van der Waals surface area contributed by atoms with Crippen LogP contribution in [-0.4, -0.2) is 29.4 Å². The third kappa shape index (κ3) is 4.08. The average molecular weight is 279 g/mol. The molecule has 1 aromatic heterocycles. The molecule has 0 aromatic carbocycles. The first-order valence-corrected chi connectivity index (χ1v) is 5.81. The van der Waals surface area contributed by atoms with Crippen LogP contribution in [0.25, 0.3) is 0 Å². The van der Waals surface area contributed by atoms with Gasteiger partial charge >= 0.3 is 6.48 Å². The van der Waals surface area contributed by atoms with Crippen LogP contribution in [0.5, 0.6) is 5.75 Å². The number of nitrogen functional groups attached to an aromatic ring is 1. The summed E-state index contributed by atoms with van der Waals surface area (Å²) in [5.74, 6) is 5.29. The molecule has 0 spiro atoms. The van der Waals surface area contributed by atoms with E-state index in [2.05, 4.69) is 14.8 Å². The van der Waals surface area contributed by atoms with Gasteiger partial charge in [-0.05, 0) is 18.1 Å². The Balaban J connectivity index is 2.88. The molecule has 1 rings (SSSR count). The topological polar surface area (TPSA) is 140 Å². The molecule has 0 saturated carbocycles. The number of aromatic nitrogens is 1. The lowest BCUT2D eigenvalue weighted by Gasteiger charge is -2.14. The molecule has 0 saturated heterocycles. The van der Waals surface area contributed by atoms with Crippen molar-refractivity contribution in [1.82, 2.24) is 4.98 Å². The van der Waals surface area contributed by atoms with E-state index in [0.717, 1.165) is 5.56 Å². The molecule has 0 aliphatic carbocycles. The van der Waals surface area contributed by atoms with Crippen LogP contribution in [-0.2, 0) is 11.2 Å². The molecule has 5 N–H and O–H groups in total. The van der Waals surface area contributed by atoms with Gasteiger partial charge in [-0.25, -0.2) is 4.98 Å². The van der Waals surface area contributed by atoms with E-state index in [1.54, 1.807) is 12.3 Å². The molecule has 1 aromatic rings. The van der Waals surface area contributed by atoms with Gasteiger partial charge in [0.15, 0.2) is 11.6 Å². The van der Waals surface area contributed by atoms with Crippen molar-refractivity contribution in [2.45, 2.75) is 19.8 Å². The zero-order valence-electron chi connectivity index (χ0n) is 11.3.